The third-order valence-corrected chi connectivity index (χ3v) is 7.11. The lowest BCUT2D eigenvalue weighted by Gasteiger charge is -2.38. The molecule has 5 rings (SSSR count). The van der Waals surface area contributed by atoms with Gasteiger partial charge in [0.2, 0.25) is 0 Å². The summed E-state index contributed by atoms with van der Waals surface area (Å²) >= 11 is 0. The van der Waals surface area contributed by atoms with E-state index in [0.29, 0.717) is 24.3 Å². The van der Waals surface area contributed by atoms with Crippen molar-refractivity contribution in [3.8, 4) is 11.5 Å². The van der Waals surface area contributed by atoms with Crippen LogP contribution >= 0.6 is 24.8 Å². The number of piperidine rings is 1. The molecule has 1 fully saturated rings. The molecule has 0 spiro atoms. The van der Waals surface area contributed by atoms with E-state index in [0.717, 1.165) is 49.7 Å². The molecule has 1 N–H and O–H groups in total. The number of likely N-dealkylation sites (N-methyl/N-ethyl adjacent to an activating group) is 1. The maximum atomic E-state index is 13.2. The first-order valence-corrected chi connectivity index (χ1v) is 10.9. The first kappa shape index (κ1) is 24.9. The molecule has 1 aliphatic carbocycles. The van der Waals surface area contributed by atoms with Crippen LogP contribution in [0.3, 0.4) is 0 Å². The Kier molecular flexibility index (Phi) is 7.81. The van der Waals surface area contributed by atoms with E-state index in [4.69, 9.17) is 9.47 Å². The van der Waals surface area contributed by atoms with Crippen LogP contribution in [0.15, 0.2) is 29.1 Å². The molecule has 1 aromatic carbocycles. The van der Waals surface area contributed by atoms with Gasteiger partial charge >= 0.3 is 0 Å². The number of fused-ring (bicyclic) bond motifs is 5. The molecular formula is C24H33Cl2N3O3. The summed E-state index contributed by atoms with van der Waals surface area (Å²) in [5.41, 5.74) is 4.99. The van der Waals surface area contributed by atoms with E-state index in [1.165, 1.54) is 23.2 Å². The van der Waals surface area contributed by atoms with E-state index in [2.05, 4.69) is 46.1 Å². The lowest BCUT2D eigenvalue weighted by Crippen LogP contribution is -2.45. The molecule has 2 bridgehead atoms. The molecular weight excluding hydrogens is 449 g/mol. The van der Waals surface area contributed by atoms with Crippen LogP contribution in [0.1, 0.15) is 40.6 Å². The first-order chi connectivity index (χ1) is 14.6. The second-order valence-corrected chi connectivity index (χ2v) is 9.16. The van der Waals surface area contributed by atoms with Gasteiger partial charge in [0.15, 0.2) is 11.5 Å². The number of hydrogen-bond acceptors (Lipinski definition) is 5. The van der Waals surface area contributed by atoms with E-state index in [1.807, 2.05) is 0 Å². The number of benzene rings is 1. The Morgan fingerprint density at radius 3 is 2.62 bits per heavy atom. The monoisotopic (exact) mass is 481 g/mol. The molecule has 8 heteroatoms. The summed E-state index contributed by atoms with van der Waals surface area (Å²) in [5, 5.41) is 3.51. The van der Waals surface area contributed by atoms with Crippen molar-refractivity contribution in [2.24, 2.45) is 5.92 Å². The highest BCUT2D eigenvalue weighted by Gasteiger charge is 2.32. The molecule has 1 aromatic heterocycles. The van der Waals surface area contributed by atoms with Gasteiger partial charge in [-0.3, -0.25) is 4.79 Å². The lowest BCUT2D eigenvalue weighted by molar-refractivity contribution is 0.253. The molecule has 0 radical (unpaired) electrons. The van der Waals surface area contributed by atoms with Gasteiger partial charge in [-0.05, 0) is 61.7 Å². The van der Waals surface area contributed by atoms with Crippen molar-refractivity contribution in [3.05, 3.63) is 57.0 Å². The minimum absolute atomic E-state index is 0. The van der Waals surface area contributed by atoms with Crippen molar-refractivity contribution in [1.82, 2.24) is 14.8 Å². The molecule has 0 saturated carbocycles. The Bertz CT molecular complexity index is 1030. The summed E-state index contributed by atoms with van der Waals surface area (Å²) < 4.78 is 12.9. The maximum absolute atomic E-state index is 13.2. The molecule has 2 aromatic rings. The fourth-order valence-corrected chi connectivity index (χ4v) is 5.59. The Balaban J connectivity index is 0.00000144. The zero-order chi connectivity index (χ0) is 20.8. The Labute approximate surface area is 202 Å². The van der Waals surface area contributed by atoms with Gasteiger partial charge in [0.05, 0.1) is 14.2 Å². The smallest absolute Gasteiger partial charge is 0.255 e. The number of methoxy groups -OCH3 is 2. The minimum atomic E-state index is 0. The van der Waals surface area contributed by atoms with Gasteiger partial charge in [0, 0.05) is 49.3 Å². The van der Waals surface area contributed by atoms with Gasteiger partial charge in [-0.15, -0.1) is 24.8 Å². The van der Waals surface area contributed by atoms with E-state index in [-0.39, 0.29) is 30.4 Å². The molecule has 0 unspecified atom stereocenters. The van der Waals surface area contributed by atoms with Gasteiger partial charge in [-0.1, -0.05) is 6.07 Å². The number of pyridine rings is 1. The van der Waals surface area contributed by atoms with Crippen molar-refractivity contribution >= 4 is 24.8 Å². The van der Waals surface area contributed by atoms with Gasteiger partial charge in [-0.2, -0.15) is 0 Å². The highest BCUT2D eigenvalue weighted by molar-refractivity contribution is 5.85. The first-order valence-electron chi connectivity index (χ1n) is 10.9. The Morgan fingerprint density at radius 2 is 1.88 bits per heavy atom. The largest absolute Gasteiger partial charge is 0.493 e. The Hall–Kier alpha value is -1.73. The summed E-state index contributed by atoms with van der Waals surface area (Å²) in [7, 11) is 5.47. The molecule has 6 nitrogen and oxygen atoms in total. The number of nitrogens with zero attached hydrogens (tertiary/aromatic N) is 2. The number of hydrogen-bond donors (Lipinski definition) is 1. The van der Waals surface area contributed by atoms with Crippen LogP contribution in [0, 0.1) is 5.92 Å². The highest BCUT2D eigenvalue weighted by Crippen LogP contribution is 2.42. The van der Waals surface area contributed by atoms with Gasteiger partial charge < -0.3 is 24.3 Å². The van der Waals surface area contributed by atoms with Crippen molar-refractivity contribution in [1.29, 1.82) is 0 Å². The van der Waals surface area contributed by atoms with Crippen LogP contribution in [-0.2, 0) is 19.5 Å². The van der Waals surface area contributed by atoms with Crippen LogP contribution in [0.25, 0.3) is 0 Å². The van der Waals surface area contributed by atoms with Gasteiger partial charge in [-0.25, -0.2) is 0 Å². The quantitative estimate of drug-likeness (QED) is 0.686. The van der Waals surface area contributed by atoms with Crippen LogP contribution < -0.4 is 20.3 Å². The fraction of sp³-hybridized carbons (Fsp3) is 0.542. The van der Waals surface area contributed by atoms with Crippen LogP contribution in [-0.4, -0.2) is 50.4 Å². The predicted molar refractivity (Wildman–Crippen MR) is 131 cm³/mol. The number of halogens is 2. The molecule has 2 aliphatic heterocycles. The summed E-state index contributed by atoms with van der Waals surface area (Å²) in [5.74, 6) is 3.12. The zero-order valence-electron chi connectivity index (χ0n) is 18.9. The molecule has 176 valence electrons. The number of nitrogens with one attached hydrogen (secondary N) is 1. The molecule has 3 aliphatic rings. The van der Waals surface area contributed by atoms with Crippen molar-refractivity contribution in [2.45, 2.75) is 37.8 Å². The second kappa shape index (κ2) is 10.0. The molecule has 0 amide bonds. The molecule has 1 saturated heterocycles. The molecule has 3 heterocycles. The standard InChI is InChI=1S/C24H31N3O3.2ClH/c1-26(14-19-7-17-8-22(29-2)23(30-3)9-20(17)19)13-16-4-5-21-18-6-15(10-25-11-18)12-27(21)24(16)28;;/h4-5,8-9,15,18-19,25H,6-7,10-14H2,1-3H3;2*1H/t15-,18+,19+;;/m0../s1. The van der Waals surface area contributed by atoms with E-state index in [1.54, 1.807) is 14.2 Å². The predicted octanol–water partition coefficient (Wildman–Crippen LogP) is 3.19. The highest BCUT2D eigenvalue weighted by atomic mass is 35.5. The second-order valence-electron chi connectivity index (χ2n) is 9.16. The van der Waals surface area contributed by atoms with Gasteiger partial charge in [0.1, 0.15) is 0 Å². The van der Waals surface area contributed by atoms with Crippen molar-refractivity contribution in [2.75, 3.05) is 40.9 Å². The fourth-order valence-electron chi connectivity index (χ4n) is 5.59. The maximum Gasteiger partial charge on any atom is 0.255 e. The van der Waals surface area contributed by atoms with E-state index < -0.39 is 0 Å². The zero-order valence-corrected chi connectivity index (χ0v) is 20.6. The van der Waals surface area contributed by atoms with E-state index >= 15 is 0 Å². The minimum Gasteiger partial charge on any atom is -0.493 e. The number of rotatable bonds is 6. The number of ether oxygens (including phenoxy) is 2. The topological polar surface area (TPSA) is 55.7 Å². The van der Waals surface area contributed by atoms with Crippen molar-refractivity contribution < 1.29 is 9.47 Å². The Morgan fingerprint density at radius 1 is 1.12 bits per heavy atom. The van der Waals surface area contributed by atoms with Crippen LogP contribution in [0.2, 0.25) is 0 Å². The van der Waals surface area contributed by atoms with Crippen LogP contribution in [0.5, 0.6) is 11.5 Å². The molecule has 3 atom stereocenters. The van der Waals surface area contributed by atoms with Crippen molar-refractivity contribution in [3.63, 3.8) is 0 Å². The summed E-state index contributed by atoms with van der Waals surface area (Å²) in [6.45, 7) is 4.49. The summed E-state index contributed by atoms with van der Waals surface area (Å²) in [6.07, 6.45) is 2.25. The summed E-state index contributed by atoms with van der Waals surface area (Å²) in [6, 6.07) is 8.44. The van der Waals surface area contributed by atoms with Crippen LogP contribution in [0.4, 0.5) is 0 Å². The van der Waals surface area contributed by atoms with E-state index in [9.17, 15) is 4.79 Å². The number of aromatic nitrogens is 1. The third-order valence-electron chi connectivity index (χ3n) is 7.11. The van der Waals surface area contributed by atoms with Gasteiger partial charge in [0.25, 0.3) is 5.56 Å². The lowest BCUT2D eigenvalue weighted by atomic mass is 9.77. The summed E-state index contributed by atoms with van der Waals surface area (Å²) in [4.78, 5) is 15.5. The average Bonchev–Trinajstić information content (AvgIpc) is 2.74. The SMILES string of the molecule is COc1cc2c(cc1OC)[C@@H](CN(C)Cc1ccc3n(c1=O)C[C@@H]1CNC[C@H]3C1)C2.Cl.Cl. The third kappa shape index (κ3) is 4.38. The average molecular weight is 482 g/mol. The molecule has 32 heavy (non-hydrogen) atoms. The normalized spacial score (nSPS) is 22.6.